The second-order valence-electron chi connectivity index (χ2n) is 6.43. The predicted octanol–water partition coefficient (Wildman–Crippen LogP) is 4.41. The lowest BCUT2D eigenvalue weighted by Gasteiger charge is -2.26. The molecule has 106 valence electrons. The molecule has 1 rings (SSSR count). The van der Waals surface area contributed by atoms with Crippen LogP contribution in [0, 0.1) is 11.3 Å². The van der Waals surface area contributed by atoms with Gasteiger partial charge in [0.2, 0.25) is 0 Å². The average Bonchev–Trinajstić information content (AvgIpc) is 2.38. The van der Waals surface area contributed by atoms with E-state index in [1.54, 1.807) is 0 Å². The van der Waals surface area contributed by atoms with E-state index in [9.17, 15) is 4.79 Å². The minimum atomic E-state index is -0.0967. The van der Waals surface area contributed by atoms with Crippen LogP contribution in [0.3, 0.4) is 0 Å². The Morgan fingerprint density at radius 3 is 2.26 bits per heavy atom. The van der Waals surface area contributed by atoms with Crippen LogP contribution in [0.4, 0.5) is 0 Å². The van der Waals surface area contributed by atoms with Gasteiger partial charge in [-0.05, 0) is 29.7 Å². The molecule has 1 aromatic carbocycles. The van der Waals surface area contributed by atoms with Crippen LogP contribution in [0.1, 0.15) is 52.0 Å². The van der Waals surface area contributed by atoms with Crippen molar-refractivity contribution in [1.82, 2.24) is 0 Å². The minimum absolute atomic E-state index is 0.0633. The van der Waals surface area contributed by atoms with Crippen LogP contribution in [-0.2, 0) is 9.53 Å². The summed E-state index contributed by atoms with van der Waals surface area (Å²) in [6.07, 6.45) is 1.89. The van der Waals surface area contributed by atoms with Crippen molar-refractivity contribution >= 4 is 5.97 Å². The van der Waals surface area contributed by atoms with E-state index in [1.165, 1.54) is 12.7 Å². The molecule has 0 saturated heterocycles. The van der Waals surface area contributed by atoms with Crippen molar-refractivity contribution in [3.63, 3.8) is 0 Å². The highest BCUT2D eigenvalue weighted by Crippen LogP contribution is 2.32. The van der Waals surface area contributed by atoms with Crippen LogP contribution in [-0.4, -0.2) is 13.1 Å². The van der Waals surface area contributed by atoms with Crippen molar-refractivity contribution in [3.05, 3.63) is 35.9 Å². The van der Waals surface area contributed by atoms with Gasteiger partial charge in [0.15, 0.2) is 0 Å². The number of benzene rings is 1. The van der Waals surface area contributed by atoms with Gasteiger partial charge in [-0.1, -0.05) is 58.0 Å². The zero-order valence-corrected chi connectivity index (χ0v) is 12.8. The number of carbonyl (C=O) groups excluding carboxylic acids is 1. The molecule has 0 spiro atoms. The smallest absolute Gasteiger partial charge is 0.309 e. The van der Waals surface area contributed by atoms with Crippen LogP contribution < -0.4 is 0 Å². The monoisotopic (exact) mass is 262 g/mol. The van der Waals surface area contributed by atoms with E-state index >= 15 is 0 Å². The molecule has 0 heterocycles. The Morgan fingerprint density at radius 2 is 1.79 bits per heavy atom. The zero-order chi connectivity index (χ0) is 14.5. The Kier molecular flexibility index (Phi) is 5.59. The summed E-state index contributed by atoms with van der Waals surface area (Å²) in [4.78, 5) is 12.0. The first-order valence-corrected chi connectivity index (χ1v) is 6.98. The lowest BCUT2D eigenvalue weighted by atomic mass is 9.80. The summed E-state index contributed by atoms with van der Waals surface area (Å²) in [5, 5.41) is 0. The average molecular weight is 262 g/mol. The molecule has 0 fully saturated rings. The van der Waals surface area contributed by atoms with E-state index in [0.29, 0.717) is 0 Å². The Balaban J connectivity index is 2.82. The molecule has 0 radical (unpaired) electrons. The molecule has 0 amide bonds. The molecule has 2 heteroatoms. The quantitative estimate of drug-likeness (QED) is 0.735. The zero-order valence-electron chi connectivity index (χ0n) is 12.8. The van der Waals surface area contributed by atoms with Crippen molar-refractivity contribution in [2.45, 2.75) is 46.5 Å². The predicted molar refractivity (Wildman–Crippen MR) is 79.1 cm³/mol. The summed E-state index contributed by atoms with van der Waals surface area (Å²) < 4.78 is 4.98. The summed E-state index contributed by atoms with van der Waals surface area (Å²) in [6.45, 7) is 8.72. The van der Waals surface area contributed by atoms with Gasteiger partial charge in [0.05, 0.1) is 13.0 Å². The fourth-order valence-electron chi connectivity index (χ4n) is 2.30. The van der Waals surface area contributed by atoms with E-state index in [-0.39, 0.29) is 23.2 Å². The third kappa shape index (κ3) is 5.06. The molecular formula is C17H26O2. The number of ether oxygens (including phenoxy) is 1. The number of rotatable bonds is 5. The highest BCUT2D eigenvalue weighted by molar-refractivity contribution is 5.73. The van der Waals surface area contributed by atoms with E-state index in [2.05, 4.69) is 39.8 Å². The molecule has 0 aliphatic rings. The van der Waals surface area contributed by atoms with Crippen molar-refractivity contribution in [2.75, 3.05) is 7.11 Å². The van der Waals surface area contributed by atoms with Crippen molar-refractivity contribution in [3.8, 4) is 0 Å². The molecule has 0 unspecified atom stereocenters. The summed E-state index contributed by atoms with van der Waals surface area (Å²) >= 11 is 0. The molecule has 0 aliphatic carbocycles. The molecule has 0 saturated carbocycles. The van der Waals surface area contributed by atoms with Gasteiger partial charge in [-0.25, -0.2) is 0 Å². The lowest BCUT2D eigenvalue weighted by molar-refractivity contribution is -0.146. The minimum Gasteiger partial charge on any atom is -0.469 e. The number of carbonyl (C=O) groups is 1. The fraction of sp³-hybridized carbons (Fsp3) is 0.588. The van der Waals surface area contributed by atoms with Crippen LogP contribution >= 0.6 is 0 Å². The second-order valence-corrected chi connectivity index (χ2v) is 6.43. The van der Waals surface area contributed by atoms with Crippen molar-refractivity contribution in [2.24, 2.45) is 11.3 Å². The van der Waals surface area contributed by atoms with Gasteiger partial charge in [0, 0.05) is 0 Å². The fourth-order valence-corrected chi connectivity index (χ4v) is 2.30. The molecular weight excluding hydrogens is 236 g/mol. The van der Waals surface area contributed by atoms with Gasteiger partial charge in [0.25, 0.3) is 0 Å². The maximum atomic E-state index is 12.0. The van der Waals surface area contributed by atoms with E-state index in [0.717, 1.165) is 12.8 Å². The topological polar surface area (TPSA) is 26.3 Å². The van der Waals surface area contributed by atoms with Crippen molar-refractivity contribution in [1.29, 1.82) is 0 Å². The summed E-state index contributed by atoms with van der Waals surface area (Å²) in [6, 6.07) is 10.2. The summed E-state index contributed by atoms with van der Waals surface area (Å²) in [5.74, 6) is 0.0308. The number of esters is 1. The Bertz CT molecular complexity index is 389. The van der Waals surface area contributed by atoms with Crippen molar-refractivity contribution < 1.29 is 9.53 Å². The third-order valence-electron chi connectivity index (χ3n) is 3.64. The van der Waals surface area contributed by atoms with Gasteiger partial charge in [0.1, 0.15) is 0 Å². The van der Waals surface area contributed by atoms with Gasteiger partial charge < -0.3 is 4.74 Å². The summed E-state index contributed by atoms with van der Waals surface area (Å²) in [7, 11) is 1.48. The normalized spacial score (nSPS) is 14.8. The van der Waals surface area contributed by atoms with Gasteiger partial charge >= 0.3 is 5.97 Å². The molecule has 0 aliphatic heterocycles. The van der Waals surface area contributed by atoms with Crippen LogP contribution in [0.5, 0.6) is 0 Å². The summed E-state index contributed by atoms with van der Waals surface area (Å²) in [5.41, 5.74) is 1.44. The van der Waals surface area contributed by atoms with Crippen LogP contribution in [0.15, 0.2) is 30.3 Å². The molecule has 2 nitrogen and oxygen atoms in total. The lowest BCUT2D eigenvalue weighted by Crippen LogP contribution is -2.24. The second kappa shape index (κ2) is 6.74. The Morgan fingerprint density at radius 1 is 1.21 bits per heavy atom. The van der Waals surface area contributed by atoms with E-state index in [1.807, 2.05) is 18.2 Å². The first-order valence-electron chi connectivity index (χ1n) is 6.98. The highest BCUT2D eigenvalue weighted by atomic mass is 16.5. The third-order valence-corrected chi connectivity index (χ3v) is 3.64. The molecule has 2 atom stereocenters. The van der Waals surface area contributed by atoms with Crippen LogP contribution in [0.25, 0.3) is 0 Å². The first kappa shape index (κ1) is 15.7. The number of hydrogen-bond acceptors (Lipinski definition) is 2. The Hall–Kier alpha value is -1.31. The van der Waals surface area contributed by atoms with E-state index < -0.39 is 0 Å². The molecule has 0 aromatic heterocycles. The largest absolute Gasteiger partial charge is 0.469 e. The maximum Gasteiger partial charge on any atom is 0.309 e. The molecule has 19 heavy (non-hydrogen) atoms. The SMILES string of the molecule is COC(=O)[C@@H](CCC(C)(C)C)[C@H](C)c1ccccc1. The van der Waals surface area contributed by atoms with Gasteiger partial charge in [-0.3, -0.25) is 4.79 Å². The van der Waals surface area contributed by atoms with Gasteiger partial charge in [-0.15, -0.1) is 0 Å². The standard InChI is InChI=1S/C17H26O2/c1-13(14-9-7-6-8-10-14)15(16(18)19-5)11-12-17(2,3)4/h6-10,13,15H,11-12H2,1-5H3/t13-,15+/m1/s1. The molecule has 0 N–H and O–H groups in total. The molecule has 1 aromatic rings. The first-order chi connectivity index (χ1) is 8.85. The number of hydrogen-bond donors (Lipinski definition) is 0. The van der Waals surface area contributed by atoms with E-state index in [4.69, 9.17) is 4.74 Å². The number of methoxy groups -OCH3 is 1. The Labute approximate surface area is 117 Å². The highest BCUT2D eigenvalue weighted by Gasteiger charge is 2.28. The molecule has 0 bridgehead atoms. The van der Waals surface area contributed by atoms with Gasteiger partial charge in [-0.2, -0.15) is 0 Å². The van der Waals surface area contributed by atoms with Crippen LogP contribution in [0.2, 0.25) is 0 Å². The maximum absolute atomic E-state index is 12.0.